The van der Waals surface area contributed by atoms with E-state index in [0.29, 0.717) is 6.42 Å². The van der Waals surface area contributed by atoms with Crippen molar-refractivity contribution < 1.29 is 9.90 Å². The molecular formula is C17H18O2. The third kappa shape index (κ3) is 4.34. The molecule has 0 fully saturated rings. The minimum absolute atomic E-state index is 0.0974. The van der Waals surface area contributed by atoms with Crippen LogP contribution < -0.4 is 0 Å². The van der Waals surface area contributed by atoms with Crippen molar-refractivity contribution >= 4 is 5.78 Å². The summed E-state index contributed by atoms with van der Waals surface area (Å²) >= 11 is 0. The van der Waals surface area contributed by atoms with E-state index < -0.39 is 6.10 Å². The maximum atomic E-state index is 11.8. The van der Waals surface area contributed by atoms with Crippen molar-refractivity contribution in [3.8, 4) is 0 Å². The highest BCUT2D eigenvalue weighted by Gasteiger charge is 2.12. The van der Waals surface area contributed by atoms with Gasteiger partial charge in [0, 0.05) is 12.8 Å². The van der Waals surface area contributed by atoms with Crippen LogP contribution in [0.1, 0.15) is 30.1 Å². The van der Waals surface area contributed by atoms with E-state index in [1.807, 2.05) is 60.7 Å². The van der Waals surface area contributed by atoms with E-state index in [9.17, 15) is 9.90 Å². The van der Waals surface area contributed by atoms with Crippen LogP contribution in [-0.2, 0) is 11.2 Å². The predicted molar refractivity (Wildman–Crippen MR) is 75.8 cm³/mol. The van der Waals surface area contributed by atoms with E-state index in [2.05, 4.69) is 0 Å². The highest BCUT2D eigenvalue weighted by molar-refractivity contribution is 5.79. The number of hydrogen-bond donors (Lipinski definition) is 1. The topological polar surface area (TPSA) is 37.3 Å². The molecule has 0 aliphatic rings. The summed E-state index contributed by atoms with van der Waals surface area (Å²) in [6, 6.07) is 19.3. The van der Waals surface area contributed by atoms with E-state index in [4.69, 9.17) is 0 Å². The average molecular weight is 254 g/mol. The molecule has 98 valence electrons. The second-order valence-corrected chi connectivity index (χ2v) is 4.65. The molecule has 2 aromatic carbocycles. The molecule has 1 N–H and O–H groups in total. The Morgan fingerprint density at radius 2 is 1.53 bits per heavy atom. The number of aliphatic hydroxyl groups excluding tert-OH is 1. The van der Waals surface area contributed by atoms with Crippen molar-refractivity contribution in [1.82, 2.24) is 0 Å². The quantitative estimate of drug-likeness (QED) is 0.858. The smallest absolute Gasteiger partial charge is 0.136 e. The third-order valence-electron chi connectivity index (χ3n) is 3.14. The first kappa shape index (κ1) is 13.5. The van der Waals surface area contributed by atoms with Crippen molar-refractivity contribution in [2.75, 3.05) is 0 Å². The Balaban J connectivity index is 1.82. The van der Waals surface area contributed by atoms with Gasteiger partial charge in [-0.25, -0.2) is 0 Å². The van der Waals surface area contributed by atoms with Crippen LogP contribution in [-0.4, -0.2) is 10.9 Å². The molecule has 0 saturated carbocycles. The molecule has 2 aromatic rings. The number of carbonyl (C=O) groups excluding carboxylic acids is 1. The molecule has 0 aliphatic carbocycles. The fourth-order valence-electron chi connectivity index (χ4n) is 2.04. The Kier molecular flexibility index (Phi) is 4.87. The van der Waals surface area contributed by atoms with Crippen molar-refractivity contribution in [2.45, 2.75) is 25.4 Å². The Labute approximate surface area is 113 Å². The molecule has 2 nitrogen and oxygen atoms in total. The molecule has 0 aliphatic heterocycles. The highest BCUT2D eigenvalue weighted by Crippen LogP contribution is 2.17. The number of aliphatic hydroxyl groups is 1. The van der Waals surface area contributed by atoms with Gasteiger partial charge >= 0.3 is 0 Å². The van der Waals surface area contributed by atoms with Gasteiger partial charge in [0.15, 0.2) is 0 Å². The fourth-order valence-corrected chi connectivity index (χ4v) is 2.04. The number of Topliss-reactive ketones (excluding diaryl/α,β-unsaturated/α-hetero) is 1. The SMILES string of the molecule is O=C(CCc1ccccc1)C[C@@H](O)c1ccccc1. The van der Waals surface area contributed by atoms with Crippen molar-refractivity contribution in [3.05, 3.63) is 71.8 Å². The van der Waals surface area contributed by atoms with Gasteiger partial charge in [-0.05, 0) is 17.5 Å². The predicted octanol–water partition coefficient (Wildman–Crippen LogP) is 3.31. The minimum atomic E-state index is -0.690. The zero-order valence-corrected chi connectivity index (χ0v) is 10.8. The standard InChI is InChI=1S/C17H18O2/c18-16(12-11-14-7-3-1-4-8-14)13-17(19)15-9-5-2-6-10-15/h1-10,17,19H,11-13H2/t17-/m1/s1. The first-order valence-corrected chi connectivity index (χ1v) is 6.54. The van der Waals surface area contributed by atoms with Crippen LogP contribution in [0, 0.1) is 0 Å². The van der Waals surface area contributed by atoms with Gasteiger partial charge in [-0.1, -0.05) is 60.7 Å². The lowest BCUT2D eigenvalue weighted by atomic mass is 10.0. The van der Waals surface area contributed by atoms with E-state index >= 15 is 0 Å². The summed E-state index contributed by atoms with van der Waals surface area (Å²) in [5, 5.41) is 9.97. The Morgan fingerprint density at radius 3 is 2.16 bits per heavy atom. The van der Waals surface area contributed by atoms with Gasteiger partial charge in [0.2, 0.25) is 0 Å². The van der Waals surface area contributed by atoms with Crippen molar-refractivity contribution in [2.24, 2.45) is 0 Å². The summed E-state index contributed by atoms with van der Waals surface area (Å²) in [6.07, 6.45) is 0.718. The van der Waals surface area contributed by atoms with Crippen LogP contribution in [0.15, 0.2) is 60.7 Å². The number of carbonyl (C=O) groups is 1. The van der Waals surface area contributed by atoms with Crippen LogP contribution in [0.3, 0.4) is 0 Å². The summed E-state index contributed by atoms with van der Waals surface area (Å²) in [5.74, 6) is 0.0974. The third-order valence-corrected chi connectivity index (χ3v) is 3.14. The number of aryl methyl sites for hydroxylation is 1. The molecule has 0 aromatic heterocycles. The fraction of sp³-hybridized carbons (Fsp3) is 0.235. The molecule has 0 amide bonds. The van der Waals surface area contributed by atoms with Crippen LogP contribution in [0.5, 0.6) is 0 Å². The number of benzene rings is 2. The maximum absolute atomic E-state index is 11.8. The molecule has 19 heavy (non-hydrogen) atoms. The molecule has 2 heteroatoms. The van der Waals surface area contributed by atoms with Crippen molar-refractivity contribution in [1.29, 1.82) is 0 Å². The Hall–Kier alpha value is -1.93. The largest absolute Gasteiger partial charge is 0.388 e. The number of hydrogen-bond acceptors (Lipinski definition) is 2. The average Bonchev–Trinajstić information content (AvgIpc) is 2.47. The lowest BCUT2D eigenvalue weighted by molar-refractivity contribution is -0.121. The maximum Gasteiger partial charge on any atom is 0.136 e. The van der Waals surface area contributed by atoms with Crippen LogP contribution in [0.2, 0.25) is 0 Å². The van der Waals surface area contributed by atoms with Gasteiger partial charge in [0.25, 0.3) is 0 Å². The van der Waals surface area contributed by atoms with Gasteiger partial charge in [-0.3, -0.25) is 4.79 Å². The first-order valence-electron chi connectivity index (χ1n) is 6.54. The molecule has 1 atom stereocenters. The summed E-state index contributed by atoms with van der Waals surface area (Å²) in [4.78, 5) is 11.8. The molecular weight excluding hydrogens is 236 g/mol. The zero-order chi connectivity index (χ0) is 13.5. The molecule has 0 radical (unpaired) electrons. The number of ketones is 1. The number of rotatable bonds is 6. The van der Waals surface area contributed by atoms with Gasteiger partial charge in [-0.2, -0.15) is 0 Å². The molecule has 0 heterocycles. The second-order valence-electron chi connectivity index (χ2n) is 4.65. The van der Waals surface area contributed by atoms with E-state index in [1.54, 1.807) is 0 Å². The summed E-state index contributed by atoms with van der Waals surface area (Å²) in [5.41, 5.74) is 1.96. The molecule has 0 spiro atoms. The van der Waals surface area contributed by atoms with Crippen LogP contribution in [0.4, 0.5) is 0 Å². The van der Waals surface area contributed by atoms with E-state index in [0.717, 1.165) is 17.5 Å². The second kappa shape index (κ2) is 6.86. The highest BCUT2D eigenvalue weighted by atomic mass is 16.3. The lowest BCUT2D eigenvalue weighted by Gasteiger charge is -2.09. The van der Waals surface area contributed by atoms with Gasteiger partial charge in [-0.15, -0.1) is 0 Å². The molecule has 0 unspecified atom stereocenters. The normalized spacial score (nSPS) is 12.1. The van der Waals surface area contributed by atoms with Gasteiger partial charge in [0.1, 0.15) is 5.78 Å². The van der Waals surface area contributed by atoms with Gasteiger partial charge in [0.05, 0.1) is 6.10 Å². The Morgan fingerprint density at radius 1 is 0.947 bits per heavy atom. The summed E-state index contributed by atoms with van der Waals surface area (Å²) in [7, 11) is 0. The Bertz CT molecular complexity index is 505. The van der Waals surface area contributed by atoms with Crippen LogP contribution >= 0.6 is 0 Å². The molecule has 2 rings (SSSR count). The minimum Gasteiger partial charge on any atom is -0.388 e. The van der Waals surface area contributed by atoms with Gasteiger partial charge < -0.3 is 5.11 Å². The van der Waals surface area contributed by atoms with Crippen LogP contribution in [0.25, 0.3) is 0 Å². The first-order chi connectivity index (χ1) is 9.25. The lowest BCUT2D eigenvalue weighted by Crippen LogP contribution is -2.07. The van der Waals surface area contributed by atoms with E-state index in [-0.39, 0.29) is 12.2 Å². The summed E-state index contributed by atoms with van der Waals surface area (Å²) in [6.45, 7) is 0. The molecule has 0 bridgehead atoms. The monoisotopic (exact) mass is 254 g/mol. The molecule has 0 saturated heterocycles. The summed E-state index contributed by atoms with van der Waals surface area (Å²) < 4.78 is 0. The van der Waals surface area contributed by atoms with E-state index in [1.165, 1.54) is 0 Å². The zero-order valence-electron chi connectivity index (χ0n) is 10.8. The van der Waals surface area contributed by atoms with Crippen molar-refractivity contribution in [3.63, 3.8) is 0 Å².